The van der Waals surface area contributed by atoms with Gasteiger partial charge in [0.1, 0.15) is 12.7 Å². The first-order valence-electron chi connectivity index (χ1n) is 28.2. The van der Waals surface area contributed by atoms with Gasteiger partial charge in [-0.1, -0.05) is 231 Å². The maximum Gasteiger partial charge on any atom is 0.472 e. The molecule has 0 aliphatic rings. The number of carbonyl (C=O) groups excluding carboxylic acids is 3. The lowest BCUT2D eigenvalue weighted by atomic mass is 10.0. The van der Waals surface area contributed by atoms with Crippen LogP contribution < -0.4 is 0 Å². The lowest BCUT2D eigenvalue weighted by Gasteiger charge is -2.21. The summed E-state index contributed by atoms with van der Waals surface area (Å²) in [6, 6.07) is 0. The van der Waals surface area contributed by atoms with Crippen LogP contribution in [0.1, 0.15) is 278 Å². The SMILES string of the molecule is CCCCC/C=C\C/C=C\CCCCCCCCCCCC(=O)OC(COC(=O)CCCCCCCCCCC)COP(=O)(O)OCC(CO)OC(=O)CCCCCCCCCCCCCCC. The van der Waals surface area contributed by atoms with Gasteiger partial charge in [0.25, 0.3) is 0 Å². The van der Waals surface area contributed by atoms with Gasteiger partial charge in [-0.2, -0.15) is 0 Å². The predicted molar refractivity (Wildman–Crippen MR) is 280 cm³/mol. The van der Waals surface area contributed by atoms with Crippen LogP contribution in [0.5, 0.6) is 0 Å². The fourth-order valence-electron chi connectivity index (χ4n) is 8.03. The highest BCUT2D eigenvalue weighted by Gasteiger charge is 2.28. The molecule has 2 N–H and O–H groups in total. The molecule has 68 heavy (non-hydrogen) atoms. The zero-order chi connectivity index (χ0) is 49.9. The van der Waals surface area contributed by atoms with E-state index in [0.717, 1.165) is 70.6 Å². The summed E-state index contributed by atoms with van der Waals surface area (Å²) in [5.74, 6) is -1.45. The van der Waals surface area contributed by atoms with E-state index in [4.69, 9.17) is 23.3 Å². The van der Waals surface area contributed by atoms with Gasteiger partial charge < -0.3 is 24.2 Å². The molecule has 0 aliphatic carbocycles. The Morgan fingerprint density at radius 3 is 1.12 bits per heavy atom. The summed E-state index contributed by atoms with van der Waals surface area (Å²) >= 11 is 0. The van der Waals surface area contributed by atoms with Gasteiger partial charge in [-0.3, -0.25) is 23.4 Å². The summed E-state index contributed by atoms with van der Waals surface area (Å²) in [5.41, 5.74) is 0. The van der Waals surface area contributed by atoms with Crippen LogP contribution in [0.2, 0.25) is 0 Å². The molecule has 0 aromatic carbocycles. The number of phosphoric acid groups is 1. The van der Waals surface area contributed by atoms with Crippen LogP contribution in [0.25, 0.3) is 0 Å². The number of hydrogen-bond acceptors (Lipinski definition) is 10. The molecule has 0 saturated heterocycles. The minimum atomic E-state index is -4.73. The molecule has 0 aliphatic heterocycles. The van der Waals surface area contributed by atoms with Gasteiger partial charge in [-0.15, -0.1) is 0 Å². The van der Waals surface area contributed by atoms with Gasteiger partial charge in [0.05, 0.1) is 19.8 Å². The molecule has 0 aromatic heterocycles. The number of unbranched alkanes of at least 4 members (excludes halogenated alkanes) is 32. The molecule has 400 valence electrons. The normalized spacial score (nSPS) is 13.5. The Balaban J connectivity index is 4.62. The Morgan fingerprint density at radius 2 is 0.721 bits per heavy atom. The van der Waals surface area contributed by atoms with Crippen molar-refractivity contribution in [3.8, 4) is 0 Å². The molecule has 0 amide bonds. The summed E-state index contributed by atoms with van der Waals surface area (Å²) in [6.45, 7) is 4.63. The van der Waals surface area contributed by atoms with Crippen LogP contribution >= 0.6 is 7.82 Å². The minimum Gasteiger partial charge on any atom is -0.462 e. The molecule has 0 rings (SSSR count). The smallest absolute Gasteiger partial charge is 0.462 e. The van der Waals surface area contributed by atoms with Crippen molar-refractivity contribution in [2.75, 3.05) is 26.4 Å². The van der Waals surface area contributed by atoms with Crippen molar-refractivity contribution in [1.29, 1.82) is 0 Å². The van der Waals surface area contributed by atoms with Crippen molar-refractivity contribution in [3.05, 3.63) is 24.3 Å². The van der Waals surface area contributed by atoms with Gasteiger partial charge in [-0.05, 0) is 51.4 Å². The number of hydrogen-bond donors (Lipinski definition) is 2. The molecule has 0 fully saturated rings. The highest BCUT2D eigenvalue weighted by molar-refractivity contribution is 7.47. The second kappa shape index (κ2) is 51.3. The molecule has 12 heteroatoms. The molecule has 0 bridgehead atoms. The third-order valence-corrected chi connectivity index (χ3v) is 13.3. The van der Waals surface area contributed by atoms with Crippen molar-refractivity contribution in [1.82, 2.24) is 0 Å². The van der Waals surface area contributed by atoms with E-state index in [0.29, 0.717) is 19.3 Å². The largest absolute Gasteiger partial charge is 0.472 e. The number of allylic oxidation sites excluding steroid dienone is 4. The van der Waals surface area contributed by atoms with E-state index in [1.54, 1.807) is 0 Å². The minimum absolute atomic E-state index is 0.168. The van der Waals surface area contributed by atoms with E-state index in [1.165, 1.54) is 148 Å². The van der Waals surface area contributed by atoms with Crippen molar-refractivity contribution < 1.29 is 52.2 Å². The van der Waals surface area contributed by atoms with Crippen molar-refractivity contribution in [2.45, 2.75) is 290 Å². The Kier molecular flexibility index (Phi) is 49.8. The monoisotopic (exact) mass is 985 g/mol. The Hall–Kier alpha value is -2.04. The number of rotatable bonds is 53. The average molecular weight is 985 g/mol. The number of aliphatic hydroxyl groups excluding tert-OH is 1. The summed E-state index contributed by atoms with van der Waals surface area (Å²) < 4.78 is 39.4. The van der Waals surface area contributed by atoms with E-state index in [-0.39, 0.29) is 25.9 Å². The quantitative estimate of drug-likeness (QED) is 0.0197. The molecular weight excluding hydrogens is 880 g/mol. The number of aliphatic hydroxyl groups is 1. The molecule has 11 nitrogen and oxygen atoms in total. The van der Waals surface area contributed by atoms with Crippen molar-refractivity contribution in [2.24, 2.45) is 0 Å². The summed E-state index contributed by atoms with van der Waals surface area (Å²) in [7, 11) is -4.73. The first kappa shape index (κ1) is 66.0. The molecule has 3 atom stereocenters. The summed E-state index contributed by atoms with van der Waals surface area (Å²) in [4.78, 5) is 48.3. The third kappa shape index (κ3) is 49.0. The molecular formula is C56H105O11P. The fraction of sp³-hybridized carbons (Fsp3) is 0.875. The maximum atomic E-state index is 12.9. The van der Waals surface area contributed by atoms with Gasteiger partial charge >= 0.3 is 25.7 Å². The van der Waals surface area contributed by atoms with Gasteiger partial charge in [0.2, 0.25) is 0 Å². The van der Waals surface area contributed by atoms with Crippen LogP contribution in [0.4, 0.5) is 0 Å². The molecule has 0 saturated carbocycles. The zero-order valence-electron chi connectivity index (χ0n) is 44.1. The second-order valence-electron chi connectivity index (χ2n) is 19.1. The summed E-state index contributed by atoms with van der Waals surface area (Å²) in [5, 5.41) is 9.78. The first-order valence-corrected chi connectivity index (χ1v) is 29.7. The number of phosphoric ester groups is 1. The summed E-state index contributed by atoms with van der Waals surface area (Å²) in [6.07, 6.45) is 50.0. The second-order valence-corrected chi connectivity index (χ2v) is 20.6. The van der Waals surface area contributed by atoms with E-state index < -0.39 is 57.8 Å². The van der Waals surface area contributed by atoms with Gasteiger partial charge in [0, 0.05) is 19.3 Å². The maximum absolute atomic E-state index is 12.9. The predicted octanol–water partition coefficient (Wildman–Crippen LogP) is 16.3. The lowest BCUT2D eigenvalue weighted by Crippen LogP contribution is -2.30. The number of ether oxygens (including phenoxy) is 3. The van der Waals surface area contributed by atoms with Crippen molar-refractivity contribution >= 4 is 25.7 Å². The van der Waals surface area contributed by atoms with E-state index in [9.17, 15) is 28.9 Å². The molecule has 0 aromatic rings. The van der Waals surface area contributed by atoms with Crippen LogP contribution in [-0.2, 0) is 42.2 Å². The highest BCUT2D eigenvalue weighted by Crippen LogP contribution is 2.43. The molecule has 3 unspecified atom stereocenters. The van der Waals surface area contributed by atoms with Crippen LogP contribution in [0.15, 0.2) is 24.3 Å². The molecule has 0 heterocycles. The third-order valence-electron chi connectivity index (χ3n) is 12.4. The lowest BCUT2D eigenvalue weighted by molar-refractivity contribution is -0.161. The first-order chi connectivity index (χ1) is 33.2. The molecule has 0 spiro atoms. The fourth-order valence-corrected chi connectivity index (χ4v) is 8.82. The standard InChI is InChI=1S/C56H105O11P/c1-4-7-10-13-16-19-21-23-24-25-26-27-28-30-32-35-38-41-44-47-56(60)67-53(49-63-54(58)45-42-39-36-33-18-15-12-9-6-3)51-65-68(61,62)64-50-52(48-57)66-55(59)46-43-40-37-34-31-29-22-20-17-14-11-8-5-2/h16,19,23-24,52-53,57H,4-15,17-18,20-22,25-51H2,1-3H3,(H,61,62)/b19-16-,24-23-. The van der Waals surface area contributed by atoms with E-state index in [1.807, 2.05) is 0 Å². The molecule has 0 radical (unpaired) electrons. The highest BCUT2D eigenvalue weighted by atomic mass is 31.2. The average Bonchev–Trinajstić information content (AvgIpc) is 3.32. The zero-order valence-corrected chi connectivity index (χ0v) is 45.0. The number of esters is 3. The Bertz CT molecular complexity index is 1240. The van der Waals surface area contributed by atoms with Gasteiger partial charge in [0.15, 0.2) is 6.10 Å². The van der Waals surface area contributed by atoms with Crippen LogP contribution in [0.3, 0.4) is 0 Å². The Labute approximate surface area is 417 Å². The van der Waals surface area contributed by atoms with Gasteiger partial charge in [-0.25, -0.2) is 4.57 Å². The van der Waals surface area contributed by atoms with Crippen LogP contribution in [-0.4, -0.2) is 66.5 Å². The Morgan fingerprint density at radius 1 is 0.412 bits per heavy atom. The van der Waals surface area contributed by atoms with E-state index in [2.05, 4.69) is 45.1 Å². The number of carbonyl (C=O) groups is 3. The van der Waals surface area contributed by atoms with E-state index >= 15 is 0 Å². The van der Waals surface area contributed by atoms with Crippen molar-refractivity contribution in [3.63, 3.8) is 0 Å². The van der Waals surface area contributed by atoms with Crippen LogP contribution in [0, 0.1) is 0 Å². The topological polar surface area (TPSA) is 155 Å².